The van der Waals surface area contributed by atoms with Gasteiger partial charge in [-0.3, -0.25) is 37.3 Å². The SMILES string of the molecule is CC/C=C\C/C=C\C/C=C\C/C=C\C/C=C\CCCC(=O)OCC(COP(=O)(O)OCC(O)COP(=O)(O)OCC(COC(=O)CCCCCCCC/C=C\C/C=C\C/C=C\CCCCC)OC(=O)CCCCCCCCCCCCC)OC(=O)CCCCCCCCCCCCCCC. The molecular weight excluding hydrogens is 1310 g/mol. The highest BCUT2D eigenvalue weighted by Crippen LogP contribution is 2.45. The number of ether oxygens (including phenoxy) is 4. The normalized spacial score (nSPS) is 14.4. The van der Waals surface area contributed by atoms with Crippen molar-refractivity contribution in [2.75, 3.05) is 39.6 Å². The summed E-state index contributed by atoms with van der Waals surface area (Å²) in [7, 11) is -9.96. The molecular formula is C81H142O17P2. The molecule has 5 unspecified atom stereocenters. The molecule has 3 N–H and O–H groups in total. The van der Waals surface area contributed by atoms with Crippen LogP contribution in [-0.4, -0.2) is 96.7 Å². The molecule has 0 fully saturated rings. The molecule has 17 nitrogen and oxygen atoms in total. The Labute approximate surface area is 607 Å². The lowest BCUT2D eigenvalue weighted by atomic mass is 10.0. The van der Waals surface area contributed by atoms with E-state index >= 15 is 0 Å². The van der Waals surface area contributed by atoms with E-state index in [-0.39, 0.29) is 25.7 Å². The number of allylic oxidation sites excluding steroid dienone is 16. The van der Waals surface area contributed by atoms with Gasteiger partial charge in [0.25, 0.3) is 0 Å². The zero-order valence-corrected chi connectivity index (χ0v) is 64.9. The van der Waals surface area contributed by atoms with Crippen molar-refractivity contribution in [3.05, 3.63) is 97.2 Å². The van der Waals surface area contributed by atoms with E-state index in [9.17, 15) is 43.2 Å². The molecule has 100 heavy (non-hydrogen) atoms. The summed E-state index contributed by atoms with van der Waals surface area (Å²) in [5, 5.41) is 10.6. The number of esters is 4. The van der Waals surface area contributed by atoms with Gasteiger partial charge in [0.05, 0.1) is 26.4 Å². The van der Waals surface area contributed by atoms with Gasteiger partial charge in [0.1, 0.15) is 19.3 Å². The van der Waals surface area contributed by atoms with Crippen LogP contribution < -0.4 is 0 Å². The second kappa shape index (κ2) is 73.3. The first-order valence-electron chi connectivity index (χ1n) is 39.5. The summed E-state index contributed by atoms with van der Waals surface area (Å²) in [6, 6.07) is 0. The van der Waals surface area contributed by atoms with Crippen LogP contribution in [-0.2, 0) is 65.4 Å². The number of aliphatic hydroxyl groups is 1. The van der Waals surface area contributed by atoms with Gasteiger partial charge in [-0.25, -0.2) is 9.13 Å². The molecule has 0 amide bonds. The highest BCUT2D eigenvalue weighted by molar-refractivity contribution is 7.47. The Bertz CT molecular complexity index is 2270. The second-order valence-electron chi connectivity index (χ2n) is 26.3. The third-order valence-electron chi connectivity index (χ3n) is 16.6. The monoisotopic (exact) mass is 1450 g/mol. The molecule has 0 radical (unpaired) electrons. The summed E-state index contributed by atoms with van der Waals surface area (Å²) in [4.78, 5) is 72.9. The van der Waals surface area contributed by atoms with Crippen molar-refractivity contribution in [2.45, 2.75) is 354 Å². The van der Waals surface area contributed by atoms with Crippen LogP contribution in [0, 0.1) is 0 Å². The third-order valence-corrected chi connectivity index (χ3v) is 18.5. The molecule has 0 heterocycles. The molecule has 5 atom stereocenters. The first-order chi connectivity index (χ1) is 48.7. The summed E-state index contributed by atoms with van der Waals surface area (Å²) < 4.78 is 68.5. The summed E-state index contributed by atoms with van der Waals surface area (Å²) in [6.07, 6.45) is 76.8. The predicted molar refractivity (Wildman–Crippen MR) is 409 cm³/mol. The molecule has 0 rings (SSSR count). The molecule has 0 bridgehead atoms. The fourth-order valence-corrected chi connectivity index (χ4v) is 12.1. The van der Waals surface area contributed by atoms with Crippen LogP contribution in [0.4, 0.5) is 0 Å². The number of phosphoric ester groups is 2. The Kier molecular flexibility index (Phi) is 70.4. The van der Waals surface area contributed by atoms with Crippen molar-refractivity contribution in [2.24, 2.45) is 0 Å². The average Bonchev–Trinajstić information content (AvgIpc) is 0.939. The number of carbonyl (C=O) groups excluding carboxylic acids is 4. The maximum atomic E-state index is 13.1. The van der Waals surface area contributed by atoms with Gasteiger partial charge in [0.15, 0.2) is 12.2 Å². The lowest BCUT2D eigenvalue weighted by Gasteiger charge is -2.21. The maximum Gasteiger partial charge on any atom is 0.472 e. The van der Waals surface area contributed by atoms with Gasteiger partial charge >= 0.3 is 39.5 Å². The number of carbonyl (C=O) groups is 4. The van der Waals surface area contributed by atoms with Crippen LogP contribution in [0.3, 0.4) is 0 Å². The Morgan fingerprint density at radius 2 is 0.530 bits per heavy atom. The largest absolute Gasteiger partial charge is 0.472 e. The van der Waals surface area contributed by atoms with Gasteiger partial charge in [-0.05, 0) is 103 Å². The summed E-state index contributed by atoms with van der Waals surface area (Å²) >= 11 is 0. The standard InChI is InChI=1S/C81H142O17P2/c1-5-9-13-17-21-25-29-32-34-36-37-39-41-44-47-50-54-58-62-66-78(83)91-71-76(97-80(85)67-63-59-55-51-45-28-24-20-16-12-8-4)73-95-99(87,88)93-69-75(82)70-94-100(89,90)96-74-77(98-81(86)68-64-60-56-52-48-42-31-27-23-19-15-11-7-3)72-92-79(84)65-61-57-53-49-46-43-40-38-35-33-30-26-22-18-14-10-6-2/h10,14,21-22,25-26,32-35,37,39-40,43,49,53,75-77,82H,5-9,11-13,15-20,23-24,27-31,36,38,41-42,44-48,50-52,54-74H2,1-4H3,(H,87,88)(H,89,90)/b14-10-,25-21-,26-22-,34-32-,35-33-,39-37-,43-40-,53-49-. The van der Waals surface area contributed by atoms with Gasteiger partial charge in [-0.1, -0.05) is 305 Å². The third kappa shape index (κ3) is 72.3. The molecule has 0 aromatic rings. The Balaban J connectivity index is 5.34. The lowest BCUT2D eigenvalue weighted by molar-refractivity contribution is -0.161. The molecule has 0 aliphatic heterocycles. The Hall–Kier alpha value is -4.02. The summed E-state index contributed by atoms with van der Waals surface area (Å²) in [5.41, 5.74) is 0. The number of hydrogen-bond donors (Lipinski definition) is 3. The Morgan fingerprint density at radius 1 is 0.290 bits per heavy atom. The lowest BCUT2D eigenvalue weighted by Crippen LogP contribution is -2.30. The molecule has 0 spiro atoms. The van der Waals surface area contributed by atoms with Crippen LogP contribution >= 0.6 is 15.6 Å². The molecule has 0 aromatic heterocycles. The number of phosphoric acid groups is 2. The van der Waals surface area contributed by atoms with E-state index in [0.29, 0.717) is 32.1 Å². The number of aliphatic hydroxyl groups excluding tert-OH is 1. The zero-order valence-electron chi connectivity index (χ0n) is 63.1. The fraction of sp³-hybridized carbons (Fsp3) is 0.753. The van der Waals surface area contributed by atoms with Crippen molar-refractivity contribution >= 4 is 39.5 Å². The van der Waals surface area contributed by atoms with Gasteiger partial charge in [0, 0.05) is 25.7 Å². The average molecular weight is 1450 g/mol. The van der Waals surface area contributed by atoms with Crippen molar-refractivity contribution in [3.63, 3.8) is 0 Å². The van der Waals surface area contributed by atoms with E-state index in [1.54, 1.807) is 0 Å². The van der Waals surface area contributed by atoms with Crippen molar-refractivity contribution in [1.29, 1.82) is 0 Å². The number of rotatable bonds is 74. The highest BCUT2D eigenvalue weighted by Gasteiger charge is 2.30. The molecule has 0 saturated heterocycles. The zero-order chi connectivity index (χ0) is 73.2. The van der Waals surface area contributed by atoms with Crippen molar-refractivity contribution in [1.82, 2.24) is 0 Å². The molecule has 0 aliphatic carbocycles. The van der Waals surface area contributed by atoms with Gasteiger partial charge in [0.2, 0.25) is 0 Å². The minimum absolute atomic E-state index is 0.0852. The summed E-state index contributed by atoms with van der Waals surface area (Å²) in [6.45, 7) is 4.68. The molecule has 578 valence electrons. The maximum absolute atomic E-state index is 13.1. The van der Waals surface area contributed by atoms with Gasteiger partial charge in [-0.2, -0.15) is 0 Å². The van der Waals surface area contributed by atoms with Gasteiger partial charge in [-0.15, -0.1) is 0 Å². The molecule has 0 saturated carbocycles. The first-order valence-corrected chi connectivity index (χ1v) is 42.5. The molecule has 19 heteroatoms. The van der Waals surface area contributed by atoms with Crippen LogP contribution in [0.25, 0.3) is 0 Å². The molecule has 0 aromatic carbocycles. The van der Waals surface area contributed by atoms with Crippen molar-refractivity contribution in [3.8, 4) is 0 Å². The topological polar surface area (TPSA) is 237 Å². The quantitative estimate of drug-likeness (QED) is 0.0169. The van der Waals surface area contributed by atoms with E-state index in [2.05, 4.69) is 113 Å². The van der Waals surface area contributed by atoms with Gasteiger partial charge < -0.3 is 33.8 Å². The minimum atomic E-state index is -4.98. The van der Waals surface area contributed by atoms with Crippen LogP contribution in [0.5, 0.6) is 0 Å². The highest BCUT2D eigenvalue weighted by atomic mass is 31.2. The predicted octanol–water partition coefficient (Wildman–Crippen LogP) is 22.8. The minimum Gasteiger partial charge on any atom is -0.462 e. The Morgan fingerprint density at radius 3 is 0.860 bits per heavy atom. The van der Waals surface area contributed by atoms with Crippen molar-refractivity contribution < 1.29 is 80.2 Å². The number of unbranched alkanes of at least 4 members (excludes halogenated alkanes) is 32. The number of hydrogen-bond acceptors (Lipinski definition) is 15. The smallest absolute Gasteiger partial charge is 0.462 e. The summed E-state index contributed by atoms with van der Waals surface area (Å²) in [5.74, 6) is -2.24. The van der Waals surface area contributed by atoms with Crippen LogP contribution in [0.15, 0.2) is 97.2 Å². The van der Waals surface area contributed by atoms with Crippen LogP contribution in [0.1, 0.15) is 336 Å². The first kappa shape index (κ1) is 96.0. The van der Waals surface area contributed by atoms with Crippen LogP contribution in [0.2, 0.25) is 0 Å². The van der Waals surface area contributed by atoms with E-state index in [1.165, 1.54) is 109 Å². The van der Waals surface area contributed by atoms with E-state index in [1.807, 2.05) is 12.2 Å². The van der Waals surface area contributed by atoms with E-state index < -0.39 is 97.5 Å². The second-order valence-corrected chi connectivity index (χ2v) is 29.2. The van der Waals surface area contributed by atoms with E-state index in [4.69, 9.17) is 37.0 Å². The van der Waals surface area contributed by atoms with E-state index in [0.717, 1.165) is 141 Å². The molecule has 0 aliphatic rings. The fourth-order valence-electron chi connectivity index (χ4n) is 10.6.